The molecule has 3 heterocycles. The zero-order chi connectivity index (χ0) is 13.7. The molecule has 2 aromatic heterocycles. The number of rotatable bonds is 1. The van der Waals surface area contributed by atoms with Crippen molar-refractivity contribution in [3.63, 3.8) is 0 Å². The van der Waals surface area contributed by atoms with Crippen LogP contribution in [0.5, 0.6) is 0 Å². The number of aromatic nitrogens is 4. The molecule has 1 saturated heterocycles. The smallest absolute Gasteiger partial charge is 0.238 e. The molecule has 0 spiro atoms. The van der Waals surface area contributed by atoms with Crippen molar-refractivity contribution in [2.24, 2.45) is 11.8 Å². The van der Waals surface area contributed by atoms with Gasteiger partial charge in [-0.1, -0.05) is 12.8 Å². The Hall–Kier alpha value is -2.31. The third-order valence-electron chi connectivity index (χ3n) is 4.26. The van der Waals surface area contributed by atoms with E-state index in [1.54, 1.807) is 0 Å². The fourth-order valence-electron chi connectivity index (χ4n) is 3.29. The number of fused-ring (bicyclic) bond motifs is 2. The van der Waals surface area contributed by atoms with Crippen molar-refractivity contribution in [3.8, 4) is 0 Å². The molecule has 2 amide bonds. The monoisotopic (exact) mass is 271 g/mol. The highest BCUT2D eigenvalue weighted by Crippen LogP contribution is 2.40. The Bertz CT molecular complexity index is 686. The third-order valence-corrected chi connectivity index (χ3v) is 4.26. The fourth-order valence-corrected chi connectivity index (χ4v) is 3.29. The van der Waals surface area contributed by atoms with E-state index in [1.165, 1.54) is 17.6 Å². The van der Waals surface area contributed by atoms with E-state index in [4.69, 9.17) is 0 Å². The highest BCUT2D eigenvalue weighted by molar-refractivity contribution is 6.23. The molecule has 1 N–H and O–H groups in total. The van der Waals surface area contributed by atoms with Crippen molar-refractivity contribution in [3.05, 3.63) is 12.7 Å². The lowest BCUT2D eigenvalue weighted by Crippen LogP contribution is -2.32. The summed E-state index contributed by atoms with van der Waals surface area (Å²) in [5.74, 6) is -0.283. The van der Waals surface area contributed by atoms with Crippen molar-refractivity contribution < 1.29 is 9.59 Å². The van der Waals surface area contributed by atoms with Crippen LogP contribution in [0.25, 0.3) is 11.2 Å². The van der Waals surface area contributed by atoms with E-state index in [2.05, 4.69) is 19.9 Å². The number of anilines is 1. The zero-order valence-corrected chi connectivity index (χ0v) is 10.7. The first-order valence-electron chi connectivity index (χ1n) is 6.79. The standard InChI is InChI=1S/C13H13N5O2/c19-12-7-3-1-2-4-8(7)13(20)18(12)11-9-10(15-5-14-9)16-6-17-11/h5-8H,1-4H2,(H,14,15,16,17). The second-order valence-corrected chi connectivity index (χ2v) is 5.31. The van der Waals surface area contributed by atoms with E-state index in [1.807, 2.05) is 0 Å². The number of hydrogen-bond donors (Lipinski definition) is 1. The lowest BCUT2D eigenvalue weighted by atomic mass is 9.81. The summed E-state index contributed by atoms with van der Waals surface area (Å²) in [6.45, 7) is 0. The summed E-state index contributed by atoms with van der Waals surface area (Å²) in [6, 6.07) is 0. The molecular formula is C13H13N5O2. The second kappa shape index (κ2) is 4.09. The van der Waals surface area contributed by atoms with Gasteiger partial charge in [0.15, 0.2) is 11.5 Å². The van der Waals surface area contributed by atoms with Crippen LogP contribution in [-0.4, -0.2) is 31.8 Å². The van der Waals surface area contributed by atoms with Crippen molar-refractivity contribution in [1.29, 1.82) is 0 Å². The second-order valence-electron chi connectivity index (χ2n) is 5.31. The number of carbonyl (C=O) groups is 2. The van der Waals surface area contributed by atoms with Crippen molar-refractivity contribution in [1.82, 2.24) is 19.9 Å². The molecule has 102 valence electrons. The summed E-state index contributed by atoms with van der Waals surface area (Å²) >= 11 is 0. The molecule has 0 radical (unpaired) electrons. The summed E-state index contributed by atoms with van der Waals surface area (Å²) < 4.78 is 0. The Morgan fingerprint density at radius 3 is 2.45 bits per heavy atom. The van der Waals surface area contributed by atoms with Crippen LogP contribution < -0.4 is 4.90 Å². The predicted octanol–water partition coefficient (Wildman–Crippen LogP) is 1.03. The maximum Gasteiger partial charge on any atom is 0.238 e. The minimum atomic E-state index is -0.177. The predicted molar refractivity (Wildman–Crippen MR) is 69.6 cm³/mol. The molecule has 2 atom stereocenters. The Morgan fingerprint density at radius 2 is 1.75 bits per heavy atom. The molecule has 4 rings (SSSR count). The maximum atomic E-state index is 12.5. The van der Waals surface area contributed by atoms with E-state index in [-0.39, 0.29) is 23.7 Å². The maximum absolute atomic E-state index is 12.5. The fraction of sp³-hybridized carbons (Fsp3) is 0.462. The van der Waals surface area contributed by atoms with Gasteiger partial charge in [0.25, 0.3) is 0 Å². The van der Waals surface area contributed by atoms with Gasteiger partial charge in [0.05, 0.1) is 18.2 Å². The summed E-state index contributed by atoms with van der Waals surface area (Å²) in [7, 11) is 0. The molecule has 2 fully saturated rings. The number of H-pyrrole nitrogens is 1. The van der Waals surface area contributed by atoms with Gasteiger partial charge in [-0.05, 0) is 12.8 Å². The molecular weight excluding hydrogens is 258 g/mol. The average molecular weight is 271 g/mol. The first-order chi connectivity index (χ1) is 9.77. The van der Waals surface area contributed by atoms with Crippen LogP contribution in [0, 0.1) is 11.8 Å². The quantitative estimate of drug-likeness (QED) is 0.782. The molecule has 0 bridgehead atoms. The summed E-state index contributed by atoms with van der Waals surface area (Å²) in [5.41, 5.74) is 0.998. The molecule has 2 unspecified atom stereocenters. The van der Waals surface area contributed by atoms with Crippen LogP contribution in [0.15, 0.2) is 12.7 Å². The van der Waals surface area contributed by atoms with Gasteiger partial charge >= 0.3 is 0 Å². The Morgan fingerprint density at radius 1 is 1.05 bits per heavy atom. The highest BCUT2D eigenvalue weighted by Gasteiger charge is 2.49. The van der Waals surface area contributed by atoms with E-state index >= 15 is 0 Å². The van der Waals surface area contributed by atoms with Crippen molar-refractivity contribution >= 4 is 28.8 Å². The molecule has 7 nitrogen and oxygen atoms in total. The zero-order valence-electron chi connectivity index (χ0n) is 10.7. The number of imide groups is 1. The van der Waals surface area contributed by atoms with Crippen molar-refractivity contribution in [2.45, 2.75) is 25.7 Å². The van der Waals surface area contributed by atoms with Crippen LogP contribution in [0.2, 0.25) is 0 Å². The van der Waals surface area contributed by atoms with Gasteiger partial charge in [-0.2, -0.15) is 0 Å². The molecule has 2 aromatic rings. The van der Waals surface area contributed by atoms with Crippen LogP contribution >= 0.6 is 0 Å². The van der Waals surface area contributed by atoms with Gasteiger partial charge in [-0.25, -0.2) is 19.9 Å². The van der Waals surface area contributed by atoms with Gasteiger partial charge < -0.3 is 4.98 Å². The number of amides is 2. The van der Waals surface area contributed by atoms with Crippen LogP contribution in [0.1, 0.15) is 25.7 Å². The molecule has 1 aliphatic heterocycles. The third kappa shape index (κ3) is 1.43. The summed E-state index contributed by atoms with van der Waals surface area (Å²) in [4.78, 5) is 41.4. The Labute approximate surface area is 114 Å². The number of carbonyl (C=O) groups excluding carboxylic acids is 2. The molecule has 7 heteroatoms. The van der Waals surface area contributed by atoms with Gasteiger partial charge in [-0.15, -0.1) is 0 Å². The van der Waals surface area contributed by atoms with Crippen LogP contribution in [0.4, 0.5) is 5.82 Å². The number of aromatic amines is 1. The molecule has 1 saturated carbocycles. The number of hydrogen-bond acceptors (Lipinski definition) is 5. The largest absolute Gasteiger partial charge is 0.340 e. The van der Waals surface area contributed by atoms with Gasteiger partial charge in [-0.3, -0.25) is 9.59 Å². The van der Waals surface area contributed by atoms with E-state index in [9.17, 15) is 9.59 Å². The summed E-state index contributed by atoms with van der Waals surface area (Å²) in [5, 5.41) is 0. The van der Waals surface area contributed by atoms with Gasteiger partial charge in [0.1, 0.15) is 11.8 Å². The number of nitrogens with zero attached hydrogens (tertiary/aromatic N) is 4. The lowest BCUT2D eigenvalue weighted by molar-refractivity contribution is -0.122. The summed E-state index contributed by atoms with van der Waals surface area (Å²) in [6.07, 6.45) is 6.43. The molecule has 1 aliphatic carbocycles. The normalized spacial score (nSPS) is 26.3. The van der Waals surface area contributed by atoms with Crippen molar-refractivity contribution in [2.75, 3.05) is 4.90 Å². The topological polar surface area (TPSA) is 91.8 Å². The first-order valence-corrected chi connectivity index (χ1v) is 6.79. The molecule has 20 heavy (non-hydrogen) atoms. The first kappa shape index (κ1) is 11.5. The minimum Gasteiger partial charge on any atom is -0.340 e. The Kier molecular flexibility index (Phi) is 2.35. The average Bonchev–Trinajstić information content (AvgIpc) is 3.04. The van der Waals surface area contributed by atoms with E-state index in [0.29, 0.717) is 17.0 Å². The molecule has 0 aromatic carbocycles. The van der Waals surface area contributed by atoms with Crippen LogP contribution in [0.3, 0.4) is 0 Å². The Balaban J connectivity index is 1.83. The SMILES string of the molecule is O=C1C2CCCCC2C(=O)N1c1ncnc2nc[nH]c12. The molecule has 2 aliphatic rings. The van der Waals surface area contributed by atoms with E-state index in [0.717, 1.165) is 25.7 Å². The van der Waals surface area contributed by atoms with Gasteiger partial charge in [0, 0.05) is 0 Å². The van der Waals surface area contributed by atoms with Crippen LogP contribution in [-0.2, 0) is 9.59 Å². The lowest BCUT2D eigenvalue weighted by Gasteiger charge is -2.19. The number of imidazole rings is 1. The highest BCUT2D eigenvalue weighted by atomic mass is 16.2. The number of nitrogens with one attached hydrogen (secondary N) is 1. The van der Waals surface area contributed by atoms with E-state index < -0.39 is 0 Å². The van der Waals surface area contributed by atoms with Gasteiger partial charge in [0.2, 0.25) is 11.8 Å². The minimum absolute atomic E-state index is 0.130.